The average molecular weight is 515 g/mol. The van der Waals surface area contributed by atoms with Crippen molar-refractivity contribution in [2.24, 2.45) is 0 Å². The fraction of sp³-hybridized carbons (Fsp3) is 0.308. The zero-order valence-corrected chi connectivity index (χ0v) is 22.0. The maximum atomic E-state index is 13.0. The van der Waals surface area contributed by atoms with E-state index in [2.05, 4.69) is 10.4 Å². The van der Waals surface area contributed by atoms with Crippen molar-refractivity contribution in [3.05, 3.63) is 82.4 Å². The number of para-hydroxylation sites is 1. The minimum Gasteiger partial charge on any atom is -0.309 e. The Morgan fingerprint density at radius 1 is 1.11 bits per heavy atom. The van der Waals surface area contributed by atoms with Crippen LogP contribution in [0.1, 0.15) is 45.4 Å². The van der Waals surface area contributed by atoms with Crippen LogP contribution in [0.3, 0.4) is 0 Å². The molecule has 0 radical (unpaired) electrons. The van der Waals surface area contributed by atoms with Crippen molar-refractivity contribution >= 4 is 39.4 Å². The van der Waals surface area contributed by atoms with Crippen LogP contribution in [0.5, 0.6) is 0 Å². The monoisotopic (exact) mass is 514 g/mol. The minimum atomic E-state index is -3.81. The summed E-state index contributed by atoms with van der Waals surface area (Å²) < 4.78 is 28.7. The molecule has 0 fully saturated rings. The summed E-state index contributed by atoms with van der Waals surface area (Å²) in [6.45, 7) is 7.81. The van der Waals surface area contributed by atoms with Gasteiger partial charge in [0.25, 0.3) is 0 Å². The second kappa shape index (κ2) is 11.2. The fourth-order valence-corrected chi connectivity index (χ4v) is 4.80. The van der Waals surface area contributed by atoms with E-state index in [0.717, 1.165) is 16.7 Å². The first-order valence-electron chi connectivity index (χ1n) is 11.4. The molecule has 2 aromatic carbocycles. The lowest BCUT2D eigenvalue weighted by Crippen LogP contribution is -2.37. The molecule has 1 N–H and O–H groups in total. The molecular formula is C26H31ClN4O3S. The first-order chi connectivity index (χ1) is 16.5. The van der Waals surface area contributed by atoms with Gasteiger partial charge in [-0.15, -0.1) is 0 Å². The Balaban J connectivity index is 1.86. The number of rotatable bonds is 9. The van der Waals surface area contributed by atoms with E-state index in [0.29, 0.717) is 22.9 Å². The van der Waals surface area contributed by atoms with E-state index in [1.54, 1.807) is 22.9 Å². The van der Waals surface area contributed by atoms with Gasteiger partial charge in [-0.1, -0.05) is 81.8 Å². The number of sulfonamides is 1. The van der Waals surface area contributed by atoms with Gasteiger partial charge in [-0.2, -0.15) is 9.40 Å². The number of nitrogens with one attached hydrogen (secondary N) is 1. The third-order valence-electron chi connectivity index (χ3n) is 5.21. The SMILES string of the molecule is CCCN(CC(=O)Nc1cc(C(C)(C)C)nn1-c1ccccc1Cl)S(=O)(=O)/C=C/c1ccccc1. The van der Waals surface area contributed by atoms with Gasteiger partial charge >= 0.3 is 0 Å². The second-order valence-electron chi connectivity index (χ2n) is 9.17. The van der Waals surface area contributed by atoms with Gasteiger partial charge in [0, 0.05) is 23.4 Å². The Morgan fingerprint density at radius 3 is 2.40 bits per heavy atom. The smallest absolute Gasteiger partial charge is 0.240 e. The Bertz CT molecular complexity index is 1300. The lowest BCUT2D eigenvalue weighted by molar-refractivity contribution is -0.116. The number of amides is 1. The van der Waals surface area contributed by atoms with Gasteiger partial charge in [-0.3, -0.25) is 4.79 Å². The summed E-state index contributed by atoms with van der Waals surface area (Å²) in [5, 5.41) is 9.12. The van der Waals surface area contributed by atoms with Gasteiger partial charge in [0.2, 0.25) is 15.9 Å². The molecule has 0 aliphatic rings. The lowest BCUT2D eigenvalue weighted by Gasteiger charge is -2.19. The molecule has 0 unspecified atom stereocenters. The number of benzene rings is 2. The number of nitrogens with zero attached hydrogens (tertiary/aromatic N) is 3. The first-order valence-corrected chi connectivity index (χ1v) is 13.3. The van der Waals surface area contributed by atoms with Crippen LogP contribution in [0.2, 0.25) is 5.02 Å². The lowest BCUT2D eigenvalue weighted by atomic mass is 9.92. The molecule has 3 rings (SSSR count). The zero-order chi connectivity index (χ0) is 25.6. The number of aromatic nitrogens is 2. The van der Waals surface area contributed by atoms with Crippen molar-refractivity contribution in [3.8, 4) is 5.69 Å². The molecule has 1 heterocycles. The summed E-state index contributed by atoms with van der Waals surface area (Å²) in [5.41, 5.74) is 1.86. The maximum Gasteiger partial charge on any atom is 0.240 e. The molecule has 1 aromatic heterocycles. The van der Waals surface area contributed by atoms with E-state index in [1.807, 2.05) is 70.2 Å². The molecular weight excluding hydrogens is 484 g/mol. The van der Waals surface area contributed by atoms with Crippen molar-refractivity contribution in [1.82, 2.24) is 14.1 Å². The highest BCUT2D eigenvalue weighted by atomic mass is 35.5. The molecule has 9 heteroatoms. The molecule has 3 aromatic rings. The molecule has 186 valence electrons. The highest BCUT2D eigenvalue weighted by Gasteiger charge is 2.25. The quantitative estimate of drug-likeness (QED) is 0.410. The Morgan fingerprint density at radius 2 is 1.77 bits per heavy atom. The summed E-state index contributed by atoms with van der Waals surface area (Å²) in [6.07, 6.45) is 2.09. The summed E-state index contributed by atoms with van der Waals surface area (Å²) >= 11 is 6.39. The summed E-state index contributed by atoms with van der Waals surface area (Å²) in [5.74, 6) is -0.0505. The maximum absolute atomic E-state index is 13.0. The number of halogens is 1. The normalized spacial score (nSPS) is 12.4. The van der Waals surface area contributed by atoms with Crippen molar-refractivity contribution in [2.75, 3.05) is 18.4 Å². The van der Waals surface area contributed by atoms with Gasteiger partial charge in [-0.05, 0) is 30.2 Å². The van der Waals surface area contributed by atoms with Crippen molar-refractivity contribution < 1.29 is 13.2 Å². The molecule has 0 spiro atoms. The molecule has 0 bridgehead atoms. The largest absolute Gasteiger partial charge is 0.309 e. The van der Waals surface area contributed by atoms with E-state index in [4.69, 9.17) is 11.6 Å². The van der Waals surface area contributed by atoms with E-state index in [1.165, 1.54) is 10.4 Å². The van der Waals surface area contributed by atoms with Gasteiger partial charge in [-0.25, -0.2) is 13.1 Å². The van der Waals surface area contributed by atoms with Crippen LogP contribution < -0.4 is 5.32 Å². The van der Waals surface area contributed by atoms with E-state index in [9.17, 15) is 13.2 Å². The predicted octanol–water partition coefficient (Wildman–Crippen LogP) is 5.47. The van der Waals surface area contributed by atoms with Gasteiger partial charge in [0.15, 0.2) is 0 Å². The topological polar surface area (TPSA) is 84.3 Å². The zero-order valence-electron chi connectivity index (χ0n) is 20.4. The molecule has 0 saturated heterocycles. The summed E-state index contributed by atoms with van der Waals surface area (Å²) in [4.78, 5) is 13.0. The number of hydrogen-bond donors (Lipinski definition) is 1. The third-order valence-corrected chi connectivity index (χ3v) is 7.04. The van der Waals surface area contributed by atoms with Gasteiger partial charge < -0.3 is 5.32 Å². The standard InChI is InChI=1S/C26H31ClN4O3S/c1-5-16-30(35(33,34)17-15-20-11-7-6-8-12-20)19-25(32)28-24-18-23(26(2,3)4)29-31(24)22-14-10-9-13-21(22)27/h6-15,17-18H,5,16,19H2,1-4H3,(H,28,32)/b17-15+. The van der Waals surface area contributed by atoms with E-state index in [-0.39, 0.29) is 18.5 Å². The number of hydrogen-bond acceptors (Lipinski definition) is 4. The molecule has 0 aliphatic carbocycles. The van der Waals surface area contributed by atoms with Crippen molar-refractivity contribution in [3.63, 3.8) is 0 Å². The summed E-state index contributed by atoms with van der Waals surface area (Å²) in [7, 11) is -3.81. The molecule has 0 aliphatic heterocycles. The molecule has 0 saturated carbocycles. The van der Waals surface area contributed by atoms with E-state index >= 15 is 0 Å². The second-order valence-corrected chi connectivity index (χ2v) is 11.4. The van der Waals surface area contributed by atoms with Gasteiger partial charge in [0.1, 0.15) is 5.82 Å². The van der Waals surface area contributed by atoms with Gasteiger partial charge in [0.05, 0.1) is 22.9 Å². The average Bonchev–Trinajstić information content (AvgIpc) is 3.22. The van der Waals surface area contributed by atoms with Crippen molar-refractivity contribution in [2.45, 2.75) is 39.5 Å². The number of carbonyl (C=O) groups excluding carboxylic acids is 1. The van der Waals surface area contributed by atoms with Crippen molar-refractivity contribution in [1.29, 1.82) is 0 Å². The van der Waals surface area contributed by atoms with E-state index < -0.39 is 15.9 Å². The van der Waals surface area contributed by atoms with Crippen LogP contribution in [0.15, 0.2) is 66.1 Å². The number of anilines is 1. The highest BCUT2D eigenvalue weighted by molar-refractivity contribution is 7.92. The predicted molar refractivity (Wildman–Crippen MR) is 142 cm³/mol. The third kappa shape index (κ3) is 7.04. The van der Waals surface area contributed by atoms with Crippen LogP contribution in [-0.2, 0) is 20.2 Å². The molecule has 1 amide bonds. The van der Waals surface area contributed by atoms with Crippen LogP contribution in [0.4, 0.5) is 5.82 Å². The Kier molecular flexibility index (Phi) is 8.53. The van der Waals surface area contributed by atoms with Crippen LogP contribution in [0.25, 0.3) is 11.8 Å². The highest BCUT2D eigenvalue weighted by Crippen LogP contribution is 2.29. The fourth-order valence-electron chi connectivity index (χ4n) is 3.35. The van der Waals surface area contributed by atoms with Crippen LogP contribution in [-0.4, -0.2) is 41.5 Å². The minimum absolute atomic E-state index is 0.214. The molecule has 35 heavy (non-hydrogen) atoms. The first kappa shape index (κ1) is 26.7. The molecule has 0 atom stereocenters. The van der Waals surface area contributed by atoms with Crippen LogP contribution >= 0.6 is 11.6 Å². The molecule has 7 nitrogen and oxygen atoms in total. The Labute approximate surface area is 212 Å². The summed E-state index contributed by atoms with van der Waals surface area (Å²) in [6, 6.07) is 18.1. The van der Waals surface area contributed by atoms with Crippen LogP contribution in [0, 0.1) is 0 Å². The Hall–Kier alpha value is -2.94. The number of carbonyl (C=O) groups is 1.